The lowest BCUT2D eigenvalue weighted by molar-refractivity contribution is 0.0981. The highest BCUT2D eigenvalue weighted by atomic mass is 32.1. The lowest BCUT2D eigenvalue weighted by atomic mass is 10.3. The van der Waals surface area contributed by atoms with Crippen LogP contribution in [0.4, 0.5) is 5.69 Å². The molecule has 0 radical (unpaired) electrons. The number of thiocarbonyl (C=S) groups is 1. The van der Waals surface area contributed by atoms with Gasteiger partial charge >= 0.3 is 0 Å². The van der Waals surface area contributed by atoms with Crippen molar-refractivity contribution in [3.05, 3.63) is 46.7 Å². The first-order valence-corrected chi connectivity index (χ1v) is 7.76. The first-order valence-electron chi connectivity index (χ1n) is 6.47. The third-order valence-corrected chi connectivity index (χ3v) is 3.51. The van der Waals surface area contributed by atoms with Gasteiger partial charge in [-0.3, -0.25) is 10.1 Å². The highest BCUT2D eigenvalue weighted by Crippen LogP contribution is 2.18. The predicted molar refractivity (Wildman–Crippen MR) is 90.2 cm³/mol. The quantitative estimate of drug-likeness (QED) is 0.844. The van der Waals surface area contributed by atoms with Crippen molar-refractivity contribution in [2.45, 2.75) is 20.0 Å². The van der Waals surface area contributed by atoms with Gasteiger partial charge in [0.15, 0.2) is 5.11 Å². The maximum atomic E-state index is 11.9. The first kappa shape index (κ1) is 15.5. The Morgan fingerprint density at radius 1 is 1.29 bits per heavy atom. The van der Waals surface area contributed by atoms with Gasteiger partial charge in [-0.25, -0.2) is 0 Å². The summed E-state index contributed by atoms with van der Waals surface area (Å²) in [5.74, 6) is 0.541. The number of benzene rings is 1. The van der Waals surface area contributed by atoms with E-state index in [1.165, 1.54) is 11.3 Å². The Morgan fingerprint density at radius 2 is 2.10 bits per heavy atom. The van der Waals surface area contributed by atoms with E-state index in [4.69, 9.17) is 17.0 Å². The number of thiophene rings is 1. The molecule has 110 valence electrons. The molecule has 4 nitrogen and oxygen atoms in total. The molecule has 0 atom stereocenters. The van der Waals surface area contributed by atoms with Crippen LogP contribution >= 0.6 is 23.6 Å². The maximum Gasteiger partial charge on any atom is 0.267 e. The van der Waals surface area contributed by atoms with Gasteiger partial charge in [-0.2, -0.15) is 0 Å². The summed E-state index contributed by atoms with van der Waals surface area (Å²) in [6.45, 7) is 3.93. The molecule has 0 aliphatic rings. The number of carbonyl (C=O) groups excluding carboxylic acids is 1. The minimum Gasteiger partial charge on any atom is -0.491 e. The molecule has 1 aromatic heterocycles. The van der Waals surface area contributed by atoms with Gasteiger partial charge in [-0.1, -0.05) is 12.1 Å². The fourth-order valence-corrected chi connectivity index (χ4v) is 2.48. The minimum atomic E-state index is -0.211. The molecule has 21 heavy (non-hydrogen) atoms. The number of amides is 1. The molecule has 1 heterocycles. The second-order valence-electron chi connectivity index (χ2n) is 4.58. The van der Waals surface area contributed by atoms with Crippen molar-refractivity contribution < 1.29 is 9.53 Å². The molecule has 0 saturated carbocycles. The molecule has 0 fully saturated rings. The number of hydrogen-bond acceptors (Lipinski definition) is 4. The van der Waals surface area contributed by atoms with E-state index >= 15 is 0 Å². The summed E-state index contributed by atoms with van der Waals surface area (Å²) in [6.07, 6.45) is 0.103. The molecule has 1 aromatic carbocycles. The zero-order valence-electron chi connectivity index (χ0n) is 11.8. The molecular weight excluding hydrogens is 304 g/mol. The van der Waals surface area contributed by atoms with Crippen molar-refractivity contribution in [2.75, 3.05) is 5.32 Å². The van der Waals surface area contributed by atoms with Crippen molar-refractivity contribution in [1.29, 1.82) is 0 Å². The van der Waals surface area contributed by atoms with Gasteiger partial charge in [0.25, 0.3) is 5.91 Å². The summed E-state index contributed by atoms with van der Waals surface area (Å²) in [7, 11) is 0. The van der Waals surface area contributed by atoms with Gasteiger partial charge in [-0.15, -0.1) is 11.3 Å². The molecule has 2 aromatic rings. The van der Waals surface area contributed by atoms with Crippen LogP contribution in [-0.4, -0.2) is 17.1 Å². The SMILES string of the molecule is CC(C)Oc1cccc(NC(=S)NC(=O)c2cccs2)c1. The lowest BCUT2D eigenvalue weighted by Gasteiger charge is -2.12. The summed E-state index contributed by atoms with van der Waals surface area (Å²) in [4.78, 5) is 12.5. The molecular formula is C15H16N2O2S2. The summed E-state index contributed by atoms with van der Waals surface area (Å²) < 4.78 is 5.61. The molecule has 2 N–H and O–H groups in total. The average Bonchev–Trinajstić information content (AvgIpc) is 2.91. The van der Waals surface area contributed by atoms with Crippen LogP contribution in [0.3, 0.4) is 0 Å². The zero-order chi connectivity index (χ0) is 15.2. The van der Waals surface area contributed by atoms with Crippen LogP contribution in [0, 0.1) is 0 Å². The van der Waals surface area contributed by atoms with Crippen LogP contribution in [0.25, 0.3) is 0 Å². The Labute approximate surface area is 133 Å². The summed E-state index contributed by atoms with van der Waals surface area (Å²) in [5, 5.41) is 7.72. The first-order chi connectivity index (χ1) is 10.0. The number of carbonyl (C=O) groups is 1. The zero-order valence-corrected chi connectivity index (χ0v) is 13.4. The van der Waals surface area contributed by atoms with E-state index in [-0.39, 0.29) is 17.1 Å². The van der Waals surface area contributed by atoms with Crippen LogP contribution in [0.15, 0.2) is 41.8 Å². The molecule has 6 heteroatoms. The molecule has 1 amide bonds. The average molecular weight is 320 g/mol. The second kappa shape index (κ2) is 7.19. The van der Waals surface area contributed by atoms with Crippen LogP contribution in [0.2, 0.25) is 0 Å². The topological polar surface area (TPSA) is 50.4 Å². The summed E-state index contributed by atoms with van der Waals surface area (Å²) in [6, 6.07) is 11.0. The number of ether oxygens (including phenoxy) is 1. The lowest BCUT2D eigenvalue weighted by Crippen LogP contribution is -2.33. The molecule has 0 spiro atoms. The Bertz CT molecular complexity index is 624. The number of nitrogens with one attached hydrogen (secondary N) is 2. The van der Waals surface area contributed by atoms with Crippen molar-refractivity contribution in [2.24, 2.45) is 0 Å². The highest BCUT2D eigenvalue weighted by Gasteiger charge is 2.09. The van der Waals surface area contributed by atoms with Crippen LogP contribution in [0.5, 0.6) is 5.75 Å². The van der Waals surface area contributed by atoms with Crippen molar-refractivity contribution in [1.82, 2.24) is 5.32 Å². The van der Waals surface area contributed by atoms with Gasteiger partial charge < -0.3 is 10.1 Å². The fraction of sp³-hybridized carbons (Fsp3) is 0.200. The third-order valence-electron chi connectivity index (χ3n) is 2.44. The molecule has 0 aliphatic carbocycles. The van der Waals surface area contributed by atoms with Crippen LogP contribution in [-0.2, 0) is 0 Å². The molecule has 0 unspecified atom stereocenters. The Kier molecular flexibility index (Phi) is 5.30. The molecule has 0 saturated heterocycles. The second-order valence-corrected chi connectivity index (χ2v) is 5.94. The number of anilines is 1. The monoisotopic (exact) mass is 320 g/mol. The smallest absolute Gasteiger partial charge is 0.267 e. The van der Waals surface area contributed by atoms with Crippen molar-refractivity contribution in [3.63, 3.8) is 0 Å². The van der Waals surface area contributed by atoms with Crippen molar-refractivity contribution in [3.8, 4) is 5.75 Å². The fourth-order valence-electron chi connectivity index (χ4n) is 1.65. The van der Waals surface area contributed by atoms with E-state index in [1.807, 2.05) is 49.6 Å². The summed E-state index contributed by atoms with van der Waals surface area (Å²) >= 11 is 6.51. The van der Waals surface area contributed by atoms with Crippen molar-refractivity contribution >= 4 is 40.3 Å². The maximum absolute atomic E-state index is 11.9. The van der Waals surface area contributed by atoms with E-state index in [0.29, 0.717) is 4.88 Å². The number of rotatable bonds is 4. The van der Waals surface area contributed by atoms with E-state index in [1.54, 1.807) is 6.07 Å². The third kappa shape index (κ3) is 4.84. The largest absolute Gasteiger partial charge is 0.491 e. The highest BCUT2D eigenvalue weighted by molar-refractivity contribution is 7.80. The normalized spacial score (nSPS) is 10.2. The standard InChI is InChI=1S/C15H16N2O2S2/c1-10(2)19-12-6-3-5-11(9-12)16-15(20)17-14(18)13-7-4-8-21-13/h3-10H,1-2H3,(H2,16,17,18,20). The Morgan fingerprint density at radius 3 is 2.76 bits per heavy atom. The van der Waals surface area contributed by atoms with Gasteiger partial charge in [-0.05, 0) is 49.6 Å². The van der Waals surface area contributed by atoms with Gasteiger partial charge in [0.2, 0.25) is 0 Å². The molecule has 0 aliphatic heterocycles. The van der Waals surface area contributed by atoms with Gasteiger partial charge in [0, 0.05) is 11.8 Å². The van der Waals surface area contributed by atoms with Crippen LogP contribution < -0.4 is 15.4 Å². The Hall–Kier alpha value is -1.92. The predicted octanol–water partition coefficient (Wildman–Crippen LogP) is 3.66. The van der Waals surface area contributed by atoms with Gasteiger partial charge in [0.1, 0.15) is 5.75 Å². The van der Waals surface area contributed by atoms with E-state index in [0.717, 1.165) is 11.4 Å². The molecule has 2 rings (SSSR count). The van der Waals surface area contributed by atoms with E-state index in [2.05, 4.69) is 10.6 Å². The Balaban J connectivity index is 1.95. The van der Waals surface area contributed by atoms with Crippen LogP contribution in [0.1, 0.15) is 23.5 Å². The molecule has 0 bridgehead atoms. The number of hydrogen-bond donors (Lipinski definition) is 2. The van der Waals surface area contributed by atoms with E-state index < -0.39 is 0 Å². The van der Waals surface area contributed by atoms with E-state index in [9.17, 15) is 4.79 Å². The summed E-state index contributed by atoms with van der Waals surface area (Å²) in [5.41, 5.74) is 0.768. The minimum absolute atomic E-state index is 0.103. The van der Waals surface area contributed by atoms with Gasteiger partial charge in [0.05, 0.1) is 11.0 Å².